The molecule has 0 unspecified atom stereocenters. The van der Waals surface area contributed by atoms with E-state index in [-0.39, 0.29) is 5.56 Å². The summed E-state index contributed by atoms with van der Waals surface area (Å²) in [6.45, 7) is 0. The van der Waals surface area contributed by atoms with Crippen molar-refractivity contribution >= 4 is 21.5 Å². The van der Waals surface area contributed by atoms with Gasteiger partial charge in [-0.1, -0.05) is 12.1 Å². The van der Waals surface area contributed by atoms with Gasteiger partial charge in [0, 0.05) is 21.9 Å². The smallest absolute Gasteiger partial charge is 0.207 e. The molecule has 0 aliphatic heterocycles. The first-order valence-electron chi connectivity index (χ1n) is 10.7. The van der Waals surface area contributed by atoms with Crippen molar-refractivity contribution in [1.82, 2.24) is 0 Å². The molecule has 5 aromatic rings. The second kappa shape index (κ2) is 8.92. The van der Waals surface area contributed by atoms with Crippen LogP contribution in [0.15, 0.2) is 48.5 Å². The summed E-state index contributed by atoms with van der Waals surface area (Å²) in [6, 6.07) is 5.07. The van der Waals surface area contributed by atoms with Crippen molar-refractivity contribution in [3.63, 3.8) is 0 Å². The van der Waals surface area contributed by atoms with Gasteiger partial charge in [-0.3, -0.25) is 0 Å². The van der Waals surface area contributed by atoms with Crippen LogP contribution in [-0.2, 0) is 6.18 Å². The number of alkyl halides is 3. The van der Waals surface area contributed by atoms with Crippen molar-refractivity contribution in [2.24, 2.45) is 0 Å². The number of rotatable bonds is 2. The first kappa shape index (κ1) is 26.4. The molecule has 200 valence electrons. The largest absolute Gasteiger partial charge is 0.422 e. The highest BCUT2D eigenvalue weighted by Crippen LogP contribution is 2.48. The molecule has 0 fully saturated rings. The standard InChI is InChI=1S/C27H8F12/c28-10-2-3-11-12(8-10)17(9-1-4-13(29)16(32)7-9)19-14(30)5-6-15(31)20(19)18(11)21-23(33)25(35)22(27(37,38)39)26(36)24(21)34/h1-8H. The van der Waals surface area contributed by atoms with Crippen molar-refractivity contribution in [2.75, 3.05) is 0 Å². The fourth-order valence-corrected chi connectivity index (χ4v) is 4.56. The Kier molecular flexibility index (Phi) is 6.04. The van der Waals surface area contributed by atoms with Crippen LogP contribution in [0.1, 0.15) is 5.56 Å². The lowest BCUT2D eigenvalue weighted by Crippen LogP contribution is -2.16. The van der Waals surface area contributed by atoms with Crippen LogP contribution in [0.4, 0.5) is 52.7 Å². The fraction of sp³-hybridized carbons (Fsp3) is 0.0370. The second-order valence-corrected chi connectivity index (χ2v) is 8.35. The van der Waals surface area contributed by atoms with E-state index in [9.17, 15) is 35.1 Å². The fourth-order valence-electron chi connectivity index (χ4n) is 4.56. The summed E-state index contributed by atoms with van der Waals surface area (Å²) >= 11 is 0. The van der Waals surface area contributed by atoms with Gasteiger partial charge in [-0.2, -0.15) is 13.2 Å². The number of benzene rings is 5. The number of halogens is 12. The molecule has 5 rings (SSSR count). The Balaban J connectivity index is 2.09. The Labute approximate surface area is 209 Å². The number of fused-ring (bicyclic) bond motifs is 2. The van der Waals surface area contributed by atoms with E-state index in [0.29, 0.717) is 36.4 Å². The highest BCUT2D eigenvalue weighted by atomic mass is 19.4. The van der Waals surface area contributed by atoms with Gasteiger partial charge in [0.25, 0.3) is 0 Å². The molecule has 12 heteroatoms. The molecule has 0 aliphatic carbocycles. The van der Waals surface area contributed by atoms with E-state index >= 15 is 17.6 Å². The zero-order valence-corrected chi connectivity index (χ0v) is 18.7. The zero-order chi connectivity index (χ0) is 28.5. The first-order chi connectivity index (χ1) is 18.2. The van der Waals surface area contributed by atoms with E-state index in [4.69, 9.17) is 0 Å². The molecule has 0 saturated heterocycles. The highest BCUT2D eigenvalue weighted by Gasteiger charge is 2.43. The van der Waals surface area contributed by atoms with Gasteiger partial charge in [0.05, 0.1) is 5.56 Å². The third-order valence-electron chi connectivity index (χ3n) is 6.13. The molecule has 0 nitrogen and oxygen atoms in total. The van der Waals surface area contributed by atoms with E-state index in [2.05, 4.69) is 0 Å². The summed E-state index contributed by atoms with van der Waals surface area (Å²) in [7, 11) is 0. The van der Waals surface area contributed by atoms with Gasteiger partial charge >= 0.3 is 6.18 Å². The average Bonchev–Trinajstić information content (AvgIpc) is 2.85. The van der Waals surface area contributed by atoms with Gasteiger partial charge in [-0.25, -0.2) is 39.5 Å². The maximum atomic E-state index is 15.3. The van der Waals surface area contributed by atoms with Crippen molar-refractivity contribution in [2.45, 2.75) is 6.18 Å². The van der Waals surface area contributed by atoms with E-state index in [1.165, 1.54) is 0 Å². The quantitative estimate of drug-likeness (QED) is 0.115. The molecule has 0 bridgehead atoms. The predicted molar refractivity (Wildman–Crippen MR) is 117 cm³/mol. The van der Waals surface area contributed by atoms with E-state index in [1.54, 1.807) is 0 Å². The normalized spacial score (nSPS) is 12.1. The molecule has 0 saturated carbocycles. The van der Waals surface area contributed by atoms with Crippen molar-refractivity contribution in [3.05, 3.63) is 106 Å². The third-order valence-corrected chi connectivity index (χ3v) is 6.13. The minimum Gasteiger partial charge on any atom is -0.207 e. The maximum Gasteiger partial charge on any atom is 0.422 e. The molecule has 0 amide bonds. The Morgan fingerprint density at radius 3 is 1.51 bits per heavy atom. The molecule has 0 N–H and O–H groups in total. The van der Waals surface area contributed by atoms with Gasteiger partial charge in [0.2, 0.25) is 0 Å². The lowest BCUT2D eigenvalue weighted by molar-refractivity contribution is -0.143. The van der Waals surface area contributed by atoms with Crippen LogP contribution < -0.4 is 0 Å². The Morgan fingerprint density at radius 1 is 0.436 bits per heavy atom. The lowest BCUT2D eigenvalue weighted by Gasteiger charge is -2.20. The Morgan fingerprint density at radius 2 is 0.974 bits per heavy atom. The van der Waals surface area contributed by atoms with Crippen molar-refractivity contribution < 1.29 is 52.7 Å². The third kappa shape index (κ3) is 3.96. The number of hydrogen-bond donors (Lipinski definition) is 0. The summed E-state index contributed by atoms with van der Waals surface area (Å²) in [4.78, 5) is 0. The van der Waals surface area contributed by atoms with Crippen LogP contribution in [0.3, 0.4) is 0 Å². The van der Waals surface area contributed by atoms with E-state index in [0.717, 1.165) is 12.1 Å². The minimum absolute atomic E-state index is 0.365. The lowest BCUT2D eigenvalue weighted by atomic mass is 9.84. The van der Waals surface area contributed by atoms with Gasteiger partial charge in [0.1, 0.15) is 23.0 Å². The highest BCUT2D eigenvalue weighted by molar-refractivity contribution is 6.21. The number of hydrogen-bond acceptors (Lipinski definition) is 0. The van der Waals surface area contributed by atoms with Crippen LogP contribution in [0, 0.1) is 52.4 Å². The summed E-state index contributed by atoms with van der Waals surface area (Å²) in [5.41, 5.74) is -6.75. The molecule has 0 aliphatic rings. The molecule has 39 heavy (non-hydrogen) atoms. The van der Waals surface area contributed by atoms with Gasteiger partial charge in [0.15, 0.2) is 34.9 Å². The molecule has 0 heterocycles. The topological polar surface area (TPSA) is 0 Å². The van der Waals surface area contributed by atoms with Crippen molar-refractivity contribution in [3.8, 4) is 22.3 Å². The molecule has 5 aromatic carbocycles. The van der Waals surface area contributed by atoms with Crippen LogP contribution in [0.2, 0.25) is 0 Å². The van der Waals surface area contributed by atoms with Crippen molar-refractivity contribution in [1.29, 1.82) is 0 Å². The maximum absolute atomic E-state index is 15.3. The minimum atomic E-state index is -5.88. The average molecular weight is 560 g/mol. The zero-order valence-electron chi connectivity index (χ0n) is 18.7. The summed E-state index contributed by atoms with van der Waals surface area (Å²) < 4.78 is 172. The molecule has 0 radical (unpaired) electrons. The second-order valence-electron chi connectivity index (χ2n) is 8.35. The van der Waals surface area contributed by atoms with Gasteiger partial charge in [-0.15, -0.1) is 0 Å². The van der Waals surface area contributed by atoms with Crippen LogP contribution in [0.5, 0.6) is 0 Å². The van der Waals surface area contributed by atoms with Crippen LogP contribution in [-0.4, -0.2) is 0 Å². The van der Waals surface area contributed by atoms with Crippen LogP contribution in [0.25, 0.3) is 43.8 Å². The molecular weight excluding hydrogens is 552 g/mol. The van der Waals surface area contributed by atoms with Crippen LogP contribution >= 0.6 is 0 Å². The Hall–Kier alpha value is -4.22. The van der Waals surface area contributed by atoms with E-state index in [1.807, 2.05) is 0 Å². The molecule has 0 atom stereocenters. The monoisotopic (exact) mass is 560 g/mol. The predicted octanol–water partition coefficient (Wildman–Crippen LogP) is 9.60. The first-order valence-corrected chi connectivity index (χ1v) is 10.7. The summed E-state index contributed by atoms with van der Waals surface area (Å²) in [6.07, 6.45) is -5.88. The summed E-state index contributed by atoms with van der Waals surface area (Å²) in [5, 5.41) is -3.11. The molecule has 0 aromatic heterocycles. The summed E-state index contributed by atoms with van der Waals surface area (Å²) in [5.74, 6) is -17.6. The molecule has 0 spiro atoms. The SMILES string of the molecule is Fc1ccc2c(-c3c(F)c(F)c(C(F)(F)F)c(F)c3F)c3c(F)ccc(F)c3c(-c3ccc(F)c(F)c3)c2c1. The van der Waals surface area contributed by atoms with Gasteiger partial charge < -0.3 is 0 Å². The molecular formula is C27H8F12. The Bertz CT molecular complexity index is 1810. The van der Waals surface area contributed by atoms with Gasteiger partial charge in [-0.05, 0) is 52.7 Å². The van der Waals surface area contributed by atoms with E-state index < -0.39 is 102 Å².